The van der Waals surface area contributed by atoms with Crippen LogP contribution in [0.15, 0.2) is 54.7 Å². The summed E-state index contributed by atoms with van der Waals surface area (Å²) in [6, 6.07) is 12.1. The van der Waals surface area contributed by atoms with E-state index >= 15 is 0 Å². The van der Waals surface area contributed by atoms with Crippen LogP contribution in [0.3, 0.4) is 0 Å². The first kappa shape index (κ1) is 20.5. The first-order valence-electron chi connectivity index (χ1n) is 9.24. The number of carboxylic acids is 1. The zero-order chi connectivity index (χ0) is 22.0. The van der Waals surface area contributed by atoms with E-state index in [0.717, 1.165) is 16.9 Å². The van der Waals surface area contributed by atoms with Crippen molar-refractivity contribution in [2.24, 2.45) is 0 Å². The molecule has 0 saturated carbocycles. The van der Waals surface area contributed by atoms with Crippen LogP contribution in [0.2, 0.25) is 0 Å². The maximum atomic E-state index is 14.5. The molecular formula is C22H17F2N3O3S. The molecule has 0 bridgehead atoms. The number of pyridine rings is 1. The highest BCUT2D eigenvalue weighted by Crippen LogP contribution is 2.35. The number of halogens is 2. The van der Waals surface area contributed by atoms with Crippen LogP contribution >= 0.6 is 11.3 Å². The van der Waals surface area contributed by atoms with E-state index in [1.54, 1.807) is 24.3 Å². The van der Waals surface area contributed by atoms with Crippen LogP contribution in [0, 0.1) is 18.6 Å². The van der Waals surface area contributed by atoms with Crippen LogP contribution in [-0.4, -0.2) is 22.7 Å². The van der Waals surface area contributed by atoms with Crippen molar-refractivity contribution in [3.8, 4) is 11.5 Å². The van der Waals surface area contributed by atoms with Crippen LogP contribution in [0.4, 0.5) is 20.2 Å². The van der Waals surface area contributed by atoms with Gasteiger partial charge in [0.1, 0.15) is 28.0 Å². The summed E-state index contributed by atoms with van der Waals surface area (Å²) in [5.74, 6) is -1.35. The van der Waals surface area contributed by atoms with Gasteiger partial charge in [-0.1, -0.05) is 6.07 Å². The van der Waals surface area contributed by atoms with Gasteiger partial charge in [0.2, 0.25) is 0 Å². The summed E-state index contributed by atoms with van der Waals surface area (Å²) in [6.07, 6.45) is 1.50. The fourth-order valence-corrected chi connectivity index (χ4v) is 3.84. The Kier molecular flexibility index (Phi) is 5.68. The maximum Gasteiger partial charge on any atom is 0.345 e. The van der Waals surface area contributed by atoms with E-state index in [1.807, 2.05) is 6.92 Å². The first-order chi connectivity index (χ1) is 14.9. The Labute approximate surface area is 180 Å². The second-order valence-corrected chi connectivity index (χ2v) is 7.75. The molecule has 0 amide bonds. The van der Waals surface area contributed by atoms with E-state index in [0.29, 0.717) is 21.7 Å². The van der Waals surface area contributed by atoms with Crippen molar-refractivity contribution in [1.82, 2.24) is 4.98 Å². The van der Waals surface area contributed by atoms with Gasteiger partial charge in [0.25, 0.3) is 0 Å². The molecule has 0 aliphatic rings. The normalized spacial score (nSPS) is 10.8. The van der Waals surface area contributed by atoms with Gasteiger partial charge < -0.3 is 20.5 Å². The smallest absolute Gasteiger partial charge is 0.345 e. The molecule has 4 aromatic rings. The minimum Gasteiger partial charge on any atom is -0.477 e. The Morgan fingerprint density at radius 3 is 2.65 bits per heavy atom. The fraction of sp³-hybridized carbons (Fsp3) is 0.0909. The van der Waals surface area contributed by atoms with Crippen molar-refractivity contribution in [3.05, 3.63) is 76.8 Å². The molecule has 2 heterocycles. The average molecular weight is 441 g/mol. The summed E-state index contributed by atoms with van der Waals surface area (Å²) in [7, 11) is 0. The maximum absolute atomic E-state index is 14.5. The molecule has 0 fully saturated rings. The number of ether oxygens (including phenoxy) is 1. The van der Waals surface area contributed by atoms with Crippen LogP contribution in [0.25, 0.3) is 10.2 Å². The number of fused-ring (bicyclic) bond motifs is 1. The topological polar surface area (TPSA) is 83.5 Å². The Bertz CT molecular complexity index is 1280. The van der Waals surface area contributed by atoms with Crippen molar-refractivity contribution >= 4 is 38.9 Å². The number of nitrogens with one attached hydrogen (secondary N) is 2. The molecule has 0 unspecified atom stereocenters. The Hall–Kier alpha value is -3.72. The lowest BCUT2D eigenvalue weighted by Crippen LogP contribution is -2.13. The van der Waals surface area contributed by atoms with Gasteiger partial charge in [-0.15, -0.1) is 11.3 Å². The summed E-state index contributed by atoms with van der Waals surface area (Å²) in [5, 5.41) is 14.9. The average Bonchev–Trinajstić information content (AvgIpc) is 3.18. The highest BCUT2D eigenvalue weighted by Gasteiger charge is 2.14. The summed E-state index contributed by atoms with van der Waals surface area (Å²) in [5.41, 5.74) is 1.94. The van der Waals surface area contributed by atoms with Crippen molar-refractivity contribution in [2.45, 2.75) is 6.92 Å². The second-order valence-electron chi connectivity index (χ2n) is 6.70. The predicted molar refractivity (Wildman–Crippen MR) is 116 cm³/mol. The number of anilines is 2. The van der Waals surface area contributed by atoms with Gasteiger partial charge in [-0.3, -0.25) is 4.98 Å². The molecule has 0 radical (unpaired) electrons. The lowest BCUT2D eigenvalue weighted by molar-refractivity contribution is 0.0702. The number of hydrogen-bond acceptors (Lipinski definition) is 6. The summed E-state index contributed by atoms with van der Waals surface area (Å²) in [4.78, 5) is 15.5. The number of aryl methyl sites for hydroxylation is 1. The SMILES string of the molecule is Cc1ccc(F)c(NCNc2ccc(Oc3ccnc4cc(C(=O)O)sc34)cc2F)c1. The van der Waals surface area contributed by atoms with Gasteiger partial charge in [0, 0.05) is 18.3 Å². The van der Waals surface area contributed by atoms with Crippen LogP contribution in [0.1, 0.15) is 15.2 Å². The molecule has 31 heavy (non-hydrogen) atoms. The summed E-state index contributed by atoms with van der Waals surface area (Å²) >= 11 is 1.04. The zero-order valence-electron chi connectivity index (χ0n) is 16.3. The standard InChI is InChI=1S/C22H17F2N3O3S/c1-12-2-4-14(23)17(8-12)27-11-26-16-5-3-13(9-15(16)24)30-19-6-7-25-18-10-20(22(28)29)31-21(18)19/h2-10,26-27H,11H2,1H3,(H,28,29). The molecule has 2 aromatic heterocycles. The van der Waals surface area contributed by atoms with Crippen LogP contribution in [0.5, 0.6) is 11.5 Å². The van der Waals surface area contributed by atoms with E-state index in [-0.39, 0.29) is 28.8 Å². The van der Waals surface area contributed by atoms with Gasteiger partial charge in [0.15, 0.2) is 0 Å². The number of carbonyl (C=O) groups is 1. The van der Waals surface area contributed by atoms with E-state index in [9.17, 15) is 13.6 Å². The van der Waals surface area contributed by atoms with E-state index in [1.165, 1.54) is 30.5 Å². The van der Waals surface area contributed by atoms with Crippen molar-refractivity contribution in [1.29, 1.82) is 0 Å². The van der Waals surface area contributed by atoms with E-state index in [4.69, 9.17) is 9.84 Å². The number of hydrogen-bond donors (Lipinski definition) is 3. The Balaban J connectivity index is 1.46. The lowest BCUT2D eigenvalue weighted by Gasteiger charge is -2.13. The van der Waals surface area contributed by atoms with Crippen molar-refractivity contribution in [3.63, 3.8) is 0 Å². The van der Waals surface area contributed by atoms with Crippen LogP contribution in [-0.2, 0) is 0 Å². The van der Waals surface area contributed by atoms with Crippen molar-refractivity contribution in [2.75, 3.05) is 17.3 Å². The largest absolute Gasteiger partial charge is 0.477 e. The summed E-state index contributed by atoms with van der Waals surface area (Å²) < 4.78 is 34.6. The van der Waals surface area contributed by atoms with Gasteiger partial charge in [-0.05, 0) is 42.8 Å². The second kappa shape index (κ2) is 8.57. The number of carboxylic acid groups (broad SMARTS) is 1. The molecule has 0 aliphatic carbocycles. The number of aromatic carboxylic acids is 1. The van der Waals surface area contributed by atoms with Gasteiger partial charge in [-0.25, -0.2) is 13.6 Å². The Morgan fingerprint density at radius 2 is 1.87 bits per heavy atom. The zero-order valence-corrected chi connectivity index (χ0v) is 17.1. The molecule has 2 aromatic carbocycles. The monoisotopic (exact) mass is 441 g/mol. The lowest BCUT2D eigenvalue weighted by atomic mass is 10.2. The molecule has 6 nitrogen and oxygen atoms in total. The molecular weight excluding hydrogens is 424 g/mol. The highest BCUT2D eigenvalue weighted by atomic mass is 32.1. The van der Waals surface area contributed by atoms with Gasteiger partial charge in [-0.2, -0.15) is 0 Å². The number of aromatic nitrogens is 1. The minimum atomic E-state index is -1.05. The molecule has 3 N–H and O–H groups in total. The first-order valence-corrected chi connectivity index (χ1v) is 10.1. The van der Waals surface area contributed by atoms with E-state index in [2.05, 4.69) is 15.6 Å². The Morgan fingerprint density at radius 1 is 1.06 bits per heavy atom. The quantitative estimate of drug-likeness (QED) is 0.312. The third kappa shape index (κ3) is 4.56. The van der Waals surface area contributed by atoms with Gasteiger partial charge >= 0.3 is 5.97 Å². The number of thiophene rings is 1. The van der Waals surface area contributed by atoms with E-state index < -0.39 is 11.8 Å². The molecule has 0 aliphatic heterocycles. The fourth-order valence-electron chi connectivity index (χ4n) is 2.94. The molecule has 158 valence electrons. The van der Waals surface area contributed by atoms with Gasteiger partial charge in [0.05, 0.1) is 28.3 Å². The molecule has 9 heteroatoms. The molecule has 4 rings (SSSR count). The number of nitrogens with zero attached hydrogens (tertiary/aromatic N) is 1. The molecule has 0 saturated heterocycles. The third-order valence-electron chi connectivity index (χ3n) is 4.43. The minimum absolute atomic E-state index is 0.121. The predicted octanol–water partition coefficient (Wildman–Crippen LogP) is 5.85. The third-order valence-corrected chi connectivity index (χ3v) is 5.56. The highest BCUT2D eigenvalue weighted by molar-refractivity contribution is 7.21. The molecule has 0 atom stereocenters. The van der Waals surface area contributed by atoms with Crippen molar-refractivity contribution < 1.29 is 23.4 Å². The summed E-state index contributed by atoms with van der Waals surface area (Å²) in [6.45, 7) is 1.97. The molecule has 0 spiro atoms. The number of rotatable bonds is 7. The van der Waals surface area contributed by atoms with Crippen LogP contribution < -0.4 is 15.4 Å². The number of benzene rings is 2.